The molecular weight excluding hydrogens is 408 g/mol. The van der Waals surface area contributed by atoms with Gasteiger partial charge in [0.1, 0.15) is 5.82 Å². The van der Waals surface area contributed by atoms with Gasteiger partial charge in [-0.1, -0.05) is 6.42 Å². The number of amides is 1. The monoisotopic (exact) mass is 438 g/mol. The summed E-state index contributed by atoms with van der Waals surface area (Å²) in [4.78, 5) is 35.0. The summed E-state index contributed by atoms with van der Waals surface area (Å²) < 4.78 is 30.6. The molecule has 1 aliphatic carbocycles. The Hall–Kier alpha value is -1.78. The van der Waals surface area contributed by atoms with Crippen LogP contribution in [0.1, 0.15) is 55.1 Å². The molecule has 2 aliphatic heterocycles. The molecule has 1 aromatic heterocycles. The van der Waals surface area contributed by atoms with Crippen LogP contribution in [0, 0.1) is 5.92 Å². The predicted molar refractivity (Wildman–Crippen MR) is 111 cm³/mol. The number of ether oxygens (including phenoxy) is 1. The molecule has 30 heavy (non-hydrogen) atoms. The van der Waals surface area contributed by atoms with Crippen LogP contribution < -0.4 is 5.56 Å². The number of H-pyrrole nitrogens is 1. The molecule has 0 spiro atoms. The zero-order valence-electron chi connectivity index (χ0n) is 17.6. The van der Waals surface area contributed by atoms with E-state index in [1.54, 1.807) is 7.11 Å². The summed E-state index contributed by atoms with van der Waals surface area (Å²) in [6.45, 7) is 1.60. The molecule has 9 nitrogen and oxygen atoms in total. The molecule has 4 rings (SSSR count). The number of aromatic nitrogens is 2. The van der Waals surface area contributed by atoms with E-state index in [-0.39, 0.29) is 36.0 Å². The molecule has 0 unspecified atom stereocenters. The van der Waals surface area contributed by atoms with Crippen molar-refractivity contribution in [3.8, 4) is 0 Å². The molecule has 1 saturated carbocycles. The van der Waals surface area contributed by atoms with Crippen LogP contribution in [0.4, 0.5) is 0 Å². The Balaban J connectivity index is 1.47. The maximum atomic E-state index is 13.0. The fraction of sp³-hybridized carbons (Fsp3) is 0.750. The van der Waals surface area contributed by atoms with E-state index < -0.39 is 10.0 Å². The number of methoxy groups -OCH3 is 1. The van der Waals surface area contributed by atoms with Gasteiger partial charge in [-0.25, -0.2) is 13.4 Å². The lowest BCUT2D eigenvalue weighted by atomic mass is 9.86. The maximum Gasteiger partial charge on any atom is 0.254 e. The van der Waals surface area contributed by atoms with Crippen molar-refractivity contribution in [1.29, 1.82) is 0 Å². The fourth-order valence-corrected chi connectivity index (χ4v) is 5.72. The lowest BCUT2D eigenvalue weighted by Crippen LogP contribution is -2.39. The summed E-state index contributed by atoms with van der Waals surface area (Å²) >= 11 is 0. The normalized spacial score (nSPS) is 27.8. The molecule has 3 heterocycles. The molecule has 3 atom stereocenters. The molecular formula is C20H30N4O5S. The molecule has 1 amide bonds. The van der Waals surface area contributed by atoms with E-state index in [0.29, 0.717) is 43.1 Å². The molecule has 0 bridgehead atoms. The average Bonchev–Trinajstić information content (AvgIpc) is 3.22. The van der Waals surface area contributed by atoms with Gasteiger partial charge in [0.15, 0.2) is 0 Å². The van der Waals surface area contributed by atoms with E-state index in [9.17, 15) is 18.0 Å². The quantitative estimate of drug-likeness (QED) is 0.737. The molecule has 166 valence electrons. The Morgan fingerprint density at radius 2 is 2.03 bits per heavy atom. The first-order chi connectivity index (χ1) is 14.3. The smallest absolute Gasteiger partial charge is 0.254 e. The number of hydrogen-bond donors (Lipinski definition) is 1. The summed E-state index contributed by atoms with van der Waals surface area (Å²) in [5, 5.41) is 0. The Bertz CT molecular complexity index is 976. The number of sulfonamides is 1. The number of nitrogens with one attached hydrogen (secondary N) is 1. The highest BCUT2D eigenvalue weighted by molar-refractivity contribution is 7.88. The van der Waals surface area contributed by atoms with Crippen LogP contribution in [0.25, 0.3) is 0 Å². The lowest BCUT2D eigenvalue weighted by Gasteiger charge is -2.30. The van der Waals surface area contributed by atoms with Crippen molar-refractivity contribution >= 4 is 15.9 Å². The van der Waals surface area contributed by atoms with Crippen molar-refractivity contribution in [2.24, 2.45) is 5.92 Å². The van der Waals surface area contributed by atoms with Gasteiger partial charge in [0.25, 0.3) is 5.56 Å². The largest absolute Gasteiger partial charge is 0.381 e. The number of aromatic amines is 1. The van der Waals surface area contributed by atoms with Crippen LogP contribution in [0.5, 0.6) is 0 Å². The number of carbonyl (C=O) groups excluding carboxylic acids is 1. The van der Waals surface area contributed by atoms with Crippen molar-refractivity contribution in [3.63, 3.8) is 0 Å². The molecule has 1 aromatic rings. The van der Waals surface area contributed by atoms with Gasteiger partial charge in [0.05, 0.1) is 24.6 Å². The van der Waals surface area contributed by atoms with Crippen molar-refractivity contribution in [2.45, 2.75) is 57.1 Å². The Kier molecular flexibility index (Phi) is 6.00. The van der Waals surface area contributed by atoms with Crippen LogP contribution in [0.2, 0.25) is 0 Å². The number of nitrogens with zero attached hydrogens (tertiary/aromatic N) is 3. The zero-order chi connectivity index (χ0) is 21.5. The minimum absolute atomic E-state index is 0.00121. The fourth-order valence-electron chi connectivity index (χ4n) is 4.94. The van der Waals surface area contributed by atoms with E-state index in [2.05, 4.69) is 9.97 Å². The second-order valence-corrected chi connectivity index (χ2v) is 10.7. The van der Waals surface area contributed by atoms with Crippen molar-refractivity contribution in [2.75, 3.05) is 33.0 Å². The summed E-state index contributed by atoms with van der Waals surface area (Å²) in [5.41, 5.74) is 0.908. The van der Waals surface area contributed by atoms with Gasteiger partial charge in [0.2, 0.25) is 15.9 Å². The van der Waals surface area contributed by atoms with Gasteiger partial charge in [-0.15, -0.1) is 0 Å². The highest BCUT2D eigenvalue weighted by atomic mass is 32.2. The average molecular weight is 439 g/mol. The first-order valence-corrected chi connectivity index (χ1v) is 12.5. The van der Waals surface area contributed by atoms with Crippen LogP contribution >= 0.6 is 0 Å². The number of fused-ring (bicyclic) bond motifs is 1. The Morgan fingerprint density at radius 1 is 1.23 bits per heavy atom. The van der Waals surface area contributed by atoms with Gasteiger partial charge >= 0.3 is 0 Å². The third-order valence-electron chi connectivity index (χ3n) is 6.72. The minimum Gasteiger partial charge on any atom is -0.381 e. The molecule has 10 heteroatoms. The number of carbonyl (C=O) groups is 1. The van der Waals surface area contributed by atoms with Crippen LogP contribution in [0.3, 0.4) is 0 Å². The van der Waals surface area contributed by atoms with Crippen molar-refractivity contribution < 1.29 is 17.9 Å². The maximum absolute atomic E-state index is 13.0. The number of likely N-dealkylation sites (tertiary alicyclic amines) is 1. The summed E-state index contributed by atoms with van der Waals surface area (Å²) in [5.74, 6) is 0.689. The molecule has 0 radical (unpaired) electrons. The summed E-state index contributed by atoms with van der Waals surface area (Å²) in [6.07, 6.45) is 6.11. The molecule has 3 aliphatic rings. The Labute approximate surface area is 176 Å². The highest BCUT2D eigenvalue weighted by Gasteiger charge is 2.36. The van der Waals surface area contributed by atoms with E-state index >= 15 is 0 Å². The predicted octanol–water partition coefficient (Wildman–Crippen LogP) is 0.609. The second-order valence-electron chi connectivity index (χ2n) is 8.71. The SMILES string of the molecule is CO[C@@H]1CCC[C@H](C(=O)N2CC[C@H](c3nc4c(c(=O)[nH]3)CCN(S(C)(=O)=O)C4)C2)C1. The molecule has 1 N–H and O–H groups in total. The Morgan fingerprint density at radius 3 is 2.77 bits per heavy atom. The van der Waals surface area contributed by atoms with Crippen LogP contribution in [-0.2, 0) is 32.5 Å². The van der Waals surface area contributed by atoms with Gasteiger partial charge in [-0.2, -0.15) is 4.31 Å². The van der Waals surface area contributed by atoms with Gasteiger partial charge < -0.3 is 14.6 Å². The third-order valence-corrected chi connectivity index (χ3v) is 7.97. The van der Waals surface area contributed by atoms with Gasteiger partial charge in [0, 0.05) is 44.1 Å². The first kappa shape index (κ1) is 21.5. The molecule has 1 saturated heterocycles. The van der Waals surface area contributed by atoms with Gasteiger partial charge in [-0.3, -0.25) is 9.59 Å². The number of hydrogen-bond acceptors (Lipinski definition) is 6. The highest BCUT2D eigenvalue weighted by Crippen LogP contribution is 2.31. The van der Waals surface area contributed by atoms with Crippen molar-refractivity contribution in [3.05, 3.63) is 27.4 Å². The van der Waals surface area contributed by atoms with E-state index in [1.165, 1.54) is 10.6 Å². The molecule has 0 aromatic carbocycles. The first-order valence-electron chi connectivity index (χ1n) is 10.6. The third kappa shape index (κ3) is 4.31. The van der Waals surface area contributed by atoms with Crippen LogP contribution in [0.15, 0.2) is 4.79 Å². The minimum atomic E-state index is -3.33. The topological polar surface area (TPSA) is 113 Å². The second kappa shape index (κ2) is 8.39. The zero-order valence-corrected chi connectivity index (χ0v) is 18.4. The van der Waals surface area contributed by atoms with Gasteiger partial charge in [-0.05, 0) is 32.1 Å². The summed E-state index contributed by atoms with van der Waals surface area (Å²) in [7, 11) is -1.63. The number of rotatable bonds is 4. The van der Waals surface area contributed by atoms with E-state index in [1.807, 2.05) is 4.90 Å². The molecule has 2 fully saturated rings. The lowest BCUT2D eigenvalue weighted by molar-refractivity contribution is -0.137. The van der Waals surface area contributed by atoms with Crippen molar-refractivity contribution in [1.82, 2.24) is 19.2 Å². The standard InChI is InChI=1S/C20H30N4O5S/c1-29-15-5-3-4-13(10-15)20(26)23-8-6-14(11-23)18-21-17-12-24(30(2,27)28)9-7-16(17)19(25)22-18/h13-15H,3-12H2,1-2H3,(H,21,22,25)/t13-,14-,15+/m0/s1. The van der Waals surface area contributed by atoms with Crippen LogP contribution in [-0.4, -0.2) is 72.6 Å². The van der Waals surface area contributed by atoms with E-state index in [0.717, 1.165) is 32.1 Å². The van der Waals surface area contributed by atoms with E-state index in [4.69, 9.17) is 4.74 Å². The summed E-state index contributed by atoms with van der Waals surface area (Å²) in [6, 6.07) is 0.